The van der Waals surface area contributed by atoms with Crippen molar-refractivity contribution in [1.29, 1.82) is 0 Å². The van der Waals surface area contributed by atoms with E-state index in [0.717, 1.165) is 12.8 Å². The molecule has 0 amide bonds. The molecule has 2 nitrogen and oxygen atoms in total. The third-order valence-corrected chi connectivity index (χ3v) is 3.64. The predicted molar refractivity (Wildman–Crippen MR) is 55.7 cm³/mol. The number of hydrogen-bond acceptors (Lipinski definition) is 3. The molecule has 3 heteroatoms. The van der Waals surface area contributed by atoms with Crippen LogP contribution in [0.25, 0.3) is 0 Å². The zero-order chi connectivity index (χ0) is 9.90. The van der Waals surface area contributed by atoms with Crippen molar-refractivity contribution in [1.82, 2.24) is 0 Å². The second kappa shape index (κ2) is 4.36. The molecule has 0 aliphatic carbocycles. The molecular formula is C10H18O2S. The number of hydrogen-bond donors (Lipinski definition) is 0. The van der Waals surface area contributed by atoms with Crippen molar-refractivity contribution in [2.24, 2.45) is 0 Å². The van der Waals surface area contributed by atoms with Gasteiger partial charge in [-0.25, -0.2) is 0 Å². The Balaban J connectivity index is 2.36. The van der Waals surface area contributed by atoms with E-state index in [-0.39, 0.29) is 16.2 Å². The Bertz CT molecular complexity index is 193. The minimum Gasteiger partial charge on any atom is -0.447 e. The van der Waals surface area contributed by atoms with Crippen LogP contribution in [0.15, 0.2) is 0 Å². The van der Waals surface area contributed by atoms with Crippen LogP contribution < -0.4 is 0 Å². The van der Waals surface area contributed by atoms with Gasteiger partial charge in [0.1, 0.15) is 5.25 Å². The minimum absolute atomic E-state index is 0.0200. The molecule has 1 saturated heterocycles. The van der Waals surface area contributed by atoms with Gasteiger partial charge < -0.3 is 4.74 Å². The molecule has 0 aromatic heterocycles. The molecule has 0 aromatic carbocycles. The molecule has 0 spiro atoms. The van der Waals surface area contributed by atoms with E-state index in [0.29, 0.717) is 0 Å². The van der Waals surface area contributed by atoms with Crippen LogP contribution in [0, 0.1) is 0 Å². The van der Waals surface area contributed by atoms with Crippen molar-refractivity contribution in [3.8, 4) is 0 Å². The molecule has 76 valence electrons. The van der Waals surface area contributed by atoms with Crippen LogP contribution in [0.1, 0.15) is 46.5 Å². The van der Waals surface area contributed by atoms with Crippen LogP contribution in [-0.2, 0) is 9.53 Å². The molecule has 0 radical (unpaired) electrons. The maximum Gasteiger partial charge on any atom is 0.320 e. The smallest absolute Gasteiger partial charge is 0.320 e. The lowest BCUT2D eigenvalue weighted by Crippen LogP contribution is -2.20. The Hall–Kier alpha value is -0.180. The SMILES string of the molecule is CCCCCC1(C)OC(=O)C(C)S1. The Labute approximate surface area is 84.4 Å². The van der Waals surface area contributed by atoms with Gasteiger partial charge in [-0.2, -0.15) is 0 Å². The number of thioether (sulfide) groups is 1. The third kappa shape index (κ3) is 2.90. The summed E-state index contributed by atoms with van der Waals surface area (Å²) in [4.78, 5) is 10.9. The summed E-state index contributed by atoms with van der Waals surface area (Å²) in [5, 5.41) is 0.0200. The number of ether oxygens (including phenoxy) is 1. The van der Waals surface area contributed by atoms with Gasteiger partial charge in [-0.15, -0.1) is 11.8 Å². The highest BCUT2D eigenvalue weighted by atomic mass is 32.2. The van der Waals surface area contributed by atoms with Crippen LogP contribution >= 0.6 is 11.8 Å². The van der Waals surface area contributed by atoms with Gasteiger partial charge in [0.25, 0.3) is 0 Å². The molecule has 2 atom stereocenters. The van der Waals surface area contributed by atoms with Crippen molar-refractivity contribution in [2.45, 2.75) is 56.6 Å². The molecular weight excluding hydrogens is 184 g/mol. The van der Waals surface area contributed by atoms with Gasteiger partial charge in [0.15, 0.2) is 4.93 Å². The summed E-state index contributed by atoms with van der Waals surface area (Å²) in [6, 6.07) is 0. The van der Waals surface area contributed by atoms with E-state index in [1.807, 2.05) is 13.8 Å². The fourth-order valence-electron chi connectivity index (χ4n) is 1.55. The summed E-state index contributed by atoms with van der Waals surface area (Å²) in [5.74, 6) is -0.0519. The van der Waals surface area contributed by atoms with Crippen molar-refractivity contribution in [3.05, 3.63) is 0 Å². The lowest BCUT2D eigenvalue weighted by molar-refractivity contribution is -0.147. The zero-order valence-corrected chi connectivity index (χ0v) is 9.45. The first kappa shape index (κ1) is 10.9. The van der Waals surface area contributed by atoms with Gasteiger partial charge in [-0.1, -0.05) is 19.8 Å². The third-order valence-electron chi connectivity index (χ3n) is 2.31. The lowest BCUT2D eigenvalue weighted by atomic mass is 10.1. The number of carbonyl (C=O) groups excluding carboxylic acids is 1. The molecule has 0 N–H and O–H groups in total. The van der Waals surface area contributed by atoms with Crippen molar-refractivity contribution in [2.75, 3.05) is 0 Å². The summed E-state index contributed by atoms with van der Waals surface area (Å²) < 4.78 is 5.33. The molecule has 0 bridgehead atoms. The quantitative estimate of drug-likeness (QED) is 0.518. The van der Waals surface area contributed by atoms with Gasteiger partial charge in [-0.3, -0.25) is 4.79 Å². The maximum absolute atomic E-state index is 11.2. The van der Waals surface area contributed by atoms with E-state index in [1.54, 1.807) is 11.8 Å². The standard InChI is InChI=1S/C10H18O2S/c1-4-5-6-7-10(3)12-9(11)8(2)13-10/h8H,4-7H2,1-3H3. The number of unbranched alkanes of at least 4 members (excludes halogenated alkanes) is 2. The van der Waals surface area contributed by atoms with Crippen LogP contribution in [0.5, 0.6) is 0 Å². The lowest BCUT2D eigenvalue weighted by Gasteiger charge is -2.21. The second-order valence-electron chi connectivity index (χ2n) is 3.77. The molecule has 0 saturated carbocycles. The summed E-state index contributed by atoms with van der Waals surface area (Å²) in [5.41, 5.74) is 0. The van der Waals surface area contributed by atoms with Crippen molar-refractivity contribution in [3.63, 3.8) is 0 Å². The normalized spacial score (nSPS) is 33.5. The van der Waals surface area contributed by atoms with E-state index in [2.05, 4.69) is 6.92 Å². The van der Waals surface area contributed by atoms with Crippen molar-refractivity contribution >= 4 is 17.7 Å². The highest BCUT2D eigenvalue weighted by Crippen LogP contribution is 2.41. The van der Waals surface area contributed by atoms with E-state index in [1.165, 1.54) is 12.8 Å². The Morgan fingerprint density at radius 1 is 1.54 bits per heavy atom. The highest BCUT2D eigenvalue weighted by molar-refractivity contribution is 8.02. The molecule has 0 aromatic rings. The second-order valence-corrected chi connectivity index (χ2v) is 5.58. The summed E-state index contributed by atoms with van der Waals surface area (Å²) in [6.45, 7) is 6.12. The summed E-state index contributed by atoms with van der Waals surface area (Å²) >= 11 is 1.65. The minimum atomic E-state index is -0.244. The number of esters is 1. The van der Waals surface area contributed by atoms with E-state index < -0.39 is 0 Å². The first-order chi connectivity index (χ1) is 6.07. The molecule has 1 heterocycles. The van der Waals surface area contributed by atoms with Crippen LogP contribution in [-0.4, -0.2) is 16.2 Å². The topological polar surface area (TPSA) is 26.3 Å². The molecule has 1 aliphatic rings. The van der Waals surface area contributed by atoms with Gasteiger partial charge in [0.2, 0.25) is 0 Å². The number of cyclic esters (lactones) is 1. The van der Waals surface area contributed by atoms with E-state index in [9.17, 15) is 4.79 Å². The molecule has 2 unspecified atom stereocenters. The molecule has 13 heavy (non-hydrogen) atoms. The Morgan fingerprint density at radius 2 is 2.23 bits per heavy atom. The Morgan fingerprint density at radius 3 is 2.69 bits per heavy atom. The predicted octanol–water partition coefficient (Wildman–Crippen LogP) is 2.96. The van der Waals surface area contributed by atoms with Gasteiger partial charge in [-0.05, 0) is 26.7 Å². The number of carbonyl (C=O) groups is 1. The first-order valence-electron chi connectivity index (χ1n) is 4.98. The first-order valence-corrected chi connectivity index (χ1v) is 5.86. The largest absolute Gasteiger partial charge is 0.447 e. The highest BCUT2D eigenvalue weighted by Gasteiger charge is 2.41. The summed E-state index contributed by atoms with van der Waals surface area (Å²) in [6.07, 6.45) is 4.58. The fraction of sp³-hybridized carbons (Fsp3) is 0.900. The van der Waals surface area contributed by atoms with Gasteiger partial charge >= 0.3 is 5.97 Å². The van der Waals surface area contributed by atoms with Crippen molar-refractivity contribution < 1.29 is 9.53 Å². The van der Waals surface area contributed by atoms with E-state index >= 15 is 0 Å². The molecule has 1 rings (SSSR count). The van der Waals surface area contributed by atoms with Crippen LogP contribution in [0.3, 0.4) is 0 Å². The monoisotopic (exact) mass is 202 g/mol. The molecule has 1 fully saturated rings. The van der Waals surface area contributed by atoms with Gasteiger partial charge in [0.05, 0.1) is 0 Å². The van der Waals surface area contributed by atoms with E-state index in [4.69, 9.17) is 4.74 Å². The molecule has 1 aliphatic heterocycles. The average molecular weight is 202 g/mol. The fourth-order valence-corrected chi connectivity index (χ4v) is 2.83. The summed E-state index contributed by atoms with van der Waals surface area (Å²) in [7, 11) is 0. The van der Waals surface area contributed by atoms with Crippen LogP contribution in [0.2, 0.25) is 0 Å². The Kier molecular flexibility index (Phi) is 3.65. The maximum atomic E-state index is 11.2. The van der Waals surface area contributed by atoms with Crippen LogP contribution in [0.4, 0.5) is 0 Å². The van der Waals surface area contributed by atoms with Gasteiger partial charge in [0, 0.05) is 0 Å². The average Bonchev–Trinajstić information content (AvgIpc) is 2.27. The zero-order valence-electron chi connectivity index (χ0n) is 8.63. The number of rotatable bonds is 4.